The molecule has 2 unspecified atom stereocenters. The van der Waals surface area contributed by atoms with Crippen LogP contribution in [0.5, 0.6) is 0 Å². The molecule has 0 radical (unpaired) electrons. The third kappa shape index (κ3) is 3.22. The maximum Gasteiger partial charge on any atom is 0.0497 e. The summed E-state index contributed by atoms with van der Waals surface area (Å²) in [6, 6.07) is 37.2. The molecule has 0 amide bonds. The normalized spacial score (nSPS) is 22.4. The molecule has 2 bridgehead atoms. The topological polar surface area (TPSA) is 9.86 Å². The first-order valence-electron chi connectivity index (χ1n) is 17.2. The first-order chi connectivity index (χ1) is 22.7. The average Bonchev–Trinajstić information content (AvgIpc) is 3.99. The zero-order valence-electron chi connectivity index (χ0n) is 26.4. The Morgan fingerprint density at radius 3 is 2.22 bits per heavy atom. The Morgan fingerprint density at radius 2 is 1.37 bits per heavy atom. The number of fused-ring (bicyclic) bond motifs is 6. The molecule has 0 spiro atoms. The molecule has 5 aliphatic rings. The monoisotopic (exact) mass is 592 g/mol. The zero-order chi connectivity index (χ0) is 30.3. The van der Waals surface area contributed by atoms with Gasteiger partial charge in [-0.05, 0) is 124 Å². The van der Waals surface area contributed by atoms with Crippen LogP contribution in [0.1, 0.15) is 47.9 Å². The molecule has 0 saturated heterocycles. The van der Waals surface area contributed by atoms with Crippen molar-refractivity contribution in [1.82, 2.24) is 9.13 Å². The maximum absolute atomic E-state index is 2.64. The SMILES string of the molecule is CCc1ccccc1-c1cc2c(cc1Cn1c3ccccc3c3cc4c(cc31)C1C3C(C5=C4CCC=C5)C13)c1ccccc1n2C. The van der Waals surface area contributed by atoms with E-state index in [4.69, 9.17) is 0 Å². The van der Waals surface area contributed by atoms with E-state index in [0.717, 1.165) is 36.6 Å². The van der Waals surface area contributed by atoms with Crippen molar-refractivity contribution in [2.45, 2.75) is 38.6 Å². The summed E-state index contributed by atoms with van der Waals surface area (Å²) in [5, 5.41) is 5.46. The smallest absolute Gasteiger partial charge is 0.0497 e. The van der Waals surface area contributed by atoms with E-state index in [1.165, 1.54) is 78.7 Å². The van der Waals surface area contributed by atoms with Crippen LogP contribution in [-0.2, 0) is 20.0 Å². The molecule has 2 nitrogen and oxygen atoms in total. The number of hydrogen-bond acceptors (Lipinski definition) is 0. The number of aryl methyl sites for hydroxylation is 2. The molecule has 2 saturated carbocycles. The minimum Gasteiger partial charge on any atom is -0.344 e. The maximum atomic E-state index is 2.64. The number of hydrogen-bond donors (Lipinski definition) is 0. The minimum atomic E-state index is 0.758. The molecule has 0 N–H and O–H groups in total. The van der Waals surface area contributed by atoms with Gasteiger partial charge in [-0.25, -0.2) is 0 Å². The summed E-state index contributed by atoms with van der Waals surface area (Å²) in [6.45, 7) is 3.12. The molecular weight excluding hydrogens is 556 g/mol. The van der Waals surface area contributed by atoms with E-state index in [2.05, 4.69) is 132 Å². The molecule has 5 aliphatic carbocycles. The molecule has 7 aromatic rings. The van der Waals surface area contributed by atoms with Crippen LogP contribution in [0, 0.1) is 17.8 Å². The van der Waals surface area contributed by atoms with Crippen LogP contribution in [0.15, 0.2) is 115 Å². The largest absolute Gasteiger partial charge is 0.344 e. The number of allylic oxidation sites excluding steroid dienone is 4. The summed E-state index contributed by atoms with van der Waals surface area (Å²) in [7, 11) is 2.22. The highest BCUT2D eigenvalue weighted by atomic mass is 15.0. The molecule has 2 heteroatoms. The van der Waals surface area contributed by atoms with Gasteiger partial charge in [0.15, 0.2) is 0 Å². The zero-order valence-corrected chi connectivity index (χ0v) is 26.4. The van der Waals surface area contributed by atoms with Gasteiger partial charge in [0.25, 0.3) is 0 Å². The average molecular weight is 593 g/mol. The van der Waals surface area contributed by atoms with E-state index in [0.29, 0.717) is 0 Å². The van der Waals surface area contributed by atoms with Crippen LogP contribution in [0.25, 0.3) is 60.3 Å². The van der Waals surface area contributed by atoms with Gasteiger partial charge in [0.2, 0.25) is 0 Å². The van der Waals surface area contributed by atoms with E-state index in [1.807, 2.05) is 0 Å². The van der Waals surface area contributed by atoms with Crippen molar-refractivity contribution in [3.63, 3.8) is 0 Å². The molecule has 2 fully saturated rings. The fourth-order valence-electron chi connectivity index (χ4n) is 9.84. The van der Waals surface area contributed by atoms with Gasteiger partial charge in [-0.1, -0.05) is 79.7 Å². The molecule has 0 aliphatic heterocycles. The van der Waals surface area contributed by atoms with E-state index in [1.54, 1.807) is 22.3 Å². The molecule has 222 valence electrons. The molecule has 12 rings (SSSR count). The van der Waals surface area contributed by atoms with Gasteiger partial charge in [-0.3, -0.25) is 0 Å². The van der Waals surface area contributed by atoms with E-state index in [-0.39, 0.29) is 0 Å². The number of para-hydroxylation sites is 2. The van der Waals surface area contributed by atoms with Crippen LogP contribution in [0.3, 0.4) is 0 Å². The van der Waals surface area contributed by atoms with Crippen LogP contribution < -0.4 is 0 Å². The quantitative estimate of drug-likeness (QED) is 0.192. The third-order valence-electron chi connectivity index (χ3n) is 12.2. The van der Waals surface area contributed by atoms with Crippen molar-refractivity contribution in [3.05, 3.63) is 137 Å². The fraction of sp³-hybridized carbons (Fsp3) is 0.227. The summed E-state index contributed by atoms with van der Waals surface area (Å²) >= 11 is 0. The van der Waals surface area contributed by atoms with E-state index < -0.39 is 0 Å². The van der Waals surface area contributed by atoms with Gasteiger partial charge in [-0.15, -0.1) is 0 Å². The highest BCUT2D eigenvalue weighted by Gasteiger charge is 2.75. The predicted molar refractivity (Wildman–Crippen MR) is 192 cm³/mol. The summed E-state index contributed by atoms with van der Waals surface area (Å²) in [6.07, 6.45) is 8.28. The lowest BCUT2D eigenvalue weighted by molar-refractivity contribution is 0.647. The minimum absolute atomic E-state index is 0.758. The molecule has 46 heavy (non-hydrogen) atoms. The van der Waals surface area contributed by atoms with Crippen molar-refractivity contribution in [1.29, 1.82) is 0 Å². The summed E-state index contributed by atoms with van der Waals surface area (Å²) in [5.74, 6) is 3.36. The molecule has 2 atom stereocenters. The Bertz CT molecular complexity index is 2520. The van der Waals surface area contributed by atoms with Crippen molar-refractivity contribution < 1.29 is 0 Å². The van der Waals surface area contributed by atoms with Crippen LogP contribution in [0.2, 0.25) is 0 Å². The Morgan fingerprint density at radius 1 is 0.630 bits per heavy atom. The van der Waals surface area contributed by atoms with Crippen LogP contribution >= 0.6 is 0 Å². The lowest BCUT2D eigenvalue weighted by Gasteiger charge is -2.18. The van der Waals surface area contributed by atoms with Crippen LogP contribution in [-0.4, -0.2) is 9.13 Å². The molecule has 2 aromatic heterocycles. The first kappa shape index (κ1) is 25.4. The van der Waals surface area contributed by atoms with Crippen LogP contribution in [0.4, 0.5) is 0 Å². The Kier molecular flexibility index (Phi) is 4.92. The van der Waals surface area contributed by atoms with Crippen molar-refractivity contribution in [2.75, 3.05) is 0 Å². The summed E-state index contributed by atoms with van der Waals surface area (Å²) in [5.41, 5.74) is 17.3. The number of nitrogens with zero attached hydrogens (tertiary/aromatic N) is 2. The highest BCUT2D eigenvalue weighted by molar-refractivity contribution is 6.11. The number of benzene rings is 5. The molecular formula is C44H36N2. The van der Waals surface area contributed by atoms with Gasteiger partial charge in [0.05, 0.1) is 0 Å². The van der Waals surface area contributed by atoms with Crippen molar-refractivity contribution in [2.24, 2.45) is 24.8 Å². The van der Waals surface area contributed by atoms with Gasteiger partial charge >= 0.3 is 0 Å². The van der Waals surface area contributed by atoms with Crippen molar-refractivity contribution in [3.8, 4) is 11.1 Å². The lowest BCUT2D eigenvalue weighted by atomic mass is 9.88. The summed E-state index contributed by atoms with van der Waals surface area (Å²) < 4.78 is 5.02. The van der Waals surface area contributed by atoms with Gasteiger partial charge < -0.3 is 9.13 Å². The van der Waals surface area contributed by atoms with E-state index in [9.17, 15) is 0 Å². The van der Waals surface area contributed by atoms with Gasteiger partial charge in [-0.2, -0.15) is 0 Å². The fourth-order valence-corrected chi connectivity index (χ4v) is 9.84. The second-order valence-corrected chi connectivity index (χ2v) is 14.3. The Hall–Kier alpha value is -4.82. The highest BCUT2D eigenvalue weighted by Crippen LogP contribution is 2.82. The van der Waals surface area contributed by atoms with E-state index >= 15 is 0 Å². The molecule has 5 aromatic carbocycles. The predicted octanol–water partition coefficient (Wildman–Crippen LogP) is 10.8. The number of rotatable bonds is 4. The number of aromatic nitrogens is 2. The molecule has 2 heterocycles. The van der Waals surface area contributed by atoms with Gasteiger partial charge in [0.1, 0.15) is 0 Å². The Labute approximate surface area is 269 Å². The standard InChI is InChI=1S/C44H36N2/c1-3-25-12-4-5-13-27(25)32-22-39-34(29-15-8-10-18-37(29)45(39)2)20-26(32)24-46-38-19-11-9-16-30(38)35-21-33-28-14-6-7-17-31(28)41-43-42(44(41)43)36(33)23-40(35)46/h4-5,7-13,15-23,41-44H,3,6,14,24H2,1-2H3. The Balaban J connectivity index is 1.18. The van der Waals surface area contributed by atoms with Gasteiger partial charge in [0, 0.05) is 57.2 Å². The lowest BCUT2D eigenvalue weighted by Crippen LogP contribution is -2.04. The third-order valence-corrected chi connectivity index (χ3v) is 12.2. The van der Waals surface area contributed by atoms with Crippen molar-refractivity contribution >= 4 is 49.2 Å². The second-order valence-electron chi connectivity index (χ2n) is 14.3. The first-order valence-corrected chi connectivity index (χ1v) is 17.2. The summed E-state index contributed by atoms with van der Waals surface area (Å²) in [4.78, 5) is 0. The second kappa shape index (κ2) is 8.91.